The summed E-state index contributed by atoms with van der Waals surface area (Å²) in [6, 6.07) is 8.41. The molecule has 2 rings (SSSR count). The predicted octanol–water partition coefficient (Wildman–Crippen LogP) is 2.63. The molecule has 98 valence electrons. The smallest absolute Gasteiger partial charge is 0.234 e. The number of carbonyl (C=O) groups is 1. The number of rotatable bonds is 5. The Hall–Kier alpha value is -0.870. The lowest BCUT2D eigenvalue weighted by Crippen LogP contribution is -2.40. The summed E-state index contributed by atoms with van der Waals surface area (Å²) in [5.41, 5.74) is 1.20. The molecule has 0 saturated heterocycles. The first-order valence-electron chi connectivity index (χ1n) is 6.40. The van der Waals surface area contributed by atoms with Crippen LogP contribution in [0.1, 0.15) is 30.9 Å². The van der Waals surface area contributed by atoms with Crippen LogP contribution in [0.25, 0.3) is 0 Å². The summed E-state index contributed by atoms with van der Waals surface area (Å²) in [5.74, 6) is 0.657. The largest absolute Gasteiger partial charge is 0.348 e. The molecule has 18 heavy (non-hydrogen) atoms. The third kappa shape index (κ3) is 3.33. The van der Waals surface area contributed by atoms with Crippen LogP contribution in [-0.4, -0.2) is 19.5 Å². The Bertz CT molecular complexity index is 401. The van der Waals surface area contributed by atoms with Crippen molar-refractivity contribution in [3.8, 4) is 0 Å². The lowest BCUT2D eigenvalue weighted by atomic mass is 9.77. The van der Waals surface area contributed by atoms with Crippen LogP contribution in [0.5, 0.6) is 0 Å². The second-order valence-electron chi connectivity index (χ2n) is 4.82. The average Bonchev–Trinajstić information content (AvgIpc) is 2.27. The monoisotopic (exact) mass is 310 g/mol. The molecule has 1 aliphatic rings. The highest BCUT2D eigenvalue weighted by molar-refractivity contribution is 9.10. The van der Waals surface area contributed by atoms with Crippen LogP contribution in [0.15, 0.2) is 28.7 Å². The molecule has 1 aromatic carbocycles. The summed E-state index contributed by atoms with van der Waals surface area (Å²) in [4.78, 5) is 11.8. The van der Waals surface area contributed by atoms with Crippen molar-refractivity contribution in [3.63, 3.8) is 0 Å². The van der Waals surface area contributed by atoms with E-state index in [4.69, 9.17) is 0 Å². The summed E-state index contributed by atoms with van der Waals surface area (Å²) >= 11 is 3.44. The van der Waals surface area contributed by atoms with Gasteiger partial charge in [-0.2, -0.15) is 0 Å². The Labute approximate surface area is 116 Å². The van der Waals surface area contributed by atoms with Gasteiger partial charge in [0.05, 0.1) is 12.6 Å². The van der Waals surface area contributed by atoms with E-state index in [2.05, 4.69) is 38.7 Å². The van der Waals surface area contributed by atoms with Crippen LogP contribution in [0.2, 0.25) is 0 Å². The van der Waals surface area contributed by atoms with E-state index >= 15 is 0 Å². The molecule has 0 heterocycles. The van der Waals surface area contributed by atoms with E-state index in [0.717, 1.165) is 4.47 Å². The lowest BCUT2D eigenvalue weighted by molar-refractivity contribution is -0.121. The van der Waals surface area contributed by atoms with Gasteiger partial charge in [-0.1, -0.05) is 34.5 Å². The normalized spacial score (nSPS) is 17.0. The number of nitrogens with one attached hydrogen (secondary N) is 2. The topological polar surface area (TPSA) is 41.1 Å². The van der Waals surface area contributed by atoms with Gasteiger partial charge in [-0.25, -0.2) is 0 Å². The van der Waals surface area contributed by atoms with E-state index in [1.165, 1.54) is 24.8 Å². The molecule has 1 saturated carbocycles. The van der Waals surface area contributed by atoms with Gasteiger partial charge in [0, 0.05) is 4.47 Å². The van der Waals surface area contributed by atoms with Gasteiger partial charge < -0.3 is 10.6 Å². The van der Waals surface area contributed by atoms with Crippen molar-refractivity contribution in [2.24, 2.45) is 5.92 Å². The lowest BCUT2D eigenvalue weighted by Gasteiger charge is -2.34. The van der Waals surface area contributed by atoms with Crippen LogP contribution in [-0.2, 0) is 4.79 Å². The Balaban J connectivity index is 2.09. The molecule has 1 fully saturated rings. The Kier molecular flexibility index (Phi) is 4.78. The van der Waals surface area contributed by atoms with Gasteiger partial charge in [0.25, 0.3) is 0 Å². The second-order valence-corrected chi connectivity index (χ2v) is 5.73. The minimum absolute atomic E-state index is 0.0670. The van der Waals surface area contributed by atoms with Crippen LogP contribution >= 0.6 is 15.9 Å². The SMILES string of the molecule is CNCC(=O)N[C@@H](c1ccc(Br)cc1)C1CCC1. The van der Waals surface area contributed by atoms with Gasteiger partial charge >= 0.3 is 0 Å². The number of hydrogen-bond acceptors (Lipinski definition) is 2. The molecule has 1 amide bonds. The van der Waals surface area contributed by atoms with Crippen molar-refractivity contribution in [2.75, 3.05) is 13.6 Å². The van der Waals surface area contributed by atoms with Crippen LogP contribution in [0.3, 0.4) is 0 Å². The van der Waals surface area contributed by atoms with Gasteiger partial charge in [-0.3, -0.25) is 4.79 Å². The molecule has 4 heteroatoms. The van der Waals surface area contributed by atoms with Gasteiger partial charge in [0.2, 0.25) is 5.91 Å². The van der Waals surface area contributed by atoms with Crippen molar-refractivity contribution in [2.45, 2.75) is 25.3 Å². The number of carbonyl (C=O) groups excluding carboxylic acids is 1. The maximum atomic E-state index is 11.8. The molecule has 0 aliphatic heterocycles. The van der Waals surface area contributed by atoms with Crippen molar-refractivity contribution in [3.05, 3.63) is 34.3 Å². The molecule has 0 unspecified atom stereocenters. The quantitative estimate of drug-likeness (QED) is 0.878. The molecule has 1 atom stereocenters. The number of benzene rings is 1. The third-order valence-corrected chi connectivity index (χ3v) is 4.03. The summed E-state index contributed by atoms with van der Waals surface area (Å²) in [5, 5.41) is 6.03. The number of hydrogen-bond donors (Lipinski definition) is 2. The average molecular weight is 311 g/mol. The molecule has 0 radical (unpaired) electrons. The fourth-order valence-electron chi connectivity index (χ4n) is 2.30. The van der Waals surface area contributed by atoms with E-state index in [1.807, 2.05) is 12.1 Å². The highest BCUT2D eigenvalue weighted by Crippen LogP contribution is 2.37. The first-order chi connectivity index (χ1) is 8.70. The zero-order chi connectivity index (χ0) is 13.0. The van der Waals surface area contributed by atoms with E-state index in [9.17, 15) is 4.79 Å². The minimum Gasteiger partial charge on any atom is -0.348 e. The first kappa shape index (κ1) is 13.6. The molecule has 0 bridgehead atoms. The summed E-state index contributed by atoms with van der Waals surface area (Å²) in [6.45, 7) is 0.375. The molecular weight excluding hydrogens is 292 g/mol. The van der Waals surface area contributed by atoms with Crippen molar-refractivity contribution in [1.82, 2.24) is 10.6 Å². The van der Waals surface area contributed by atoms with Crippen LogP contribution in [0, 0.1) is 5.92 Å². The van der Waals surface area contributed by atoms with Crippen molar-refractivity contribution >= 4 is 21.8 Å². The molecule has 3 nitrogen and oxygen atoms in total. The molecule has 0 aromatic heterocycles. The maximum absolute atomic E-state index is 11.8. The highest BCUT2D eigenvalue weighted by Gasteiger charge is 2.29. The Morgan fingerprint density at radius 3 is 2.56 bits per heavy atom. The summed E-state index contributed by atoms with van der Waals surface area (Å²) in [6.07, 6.45) is 3.70. The fraction of sp³-hybridized carbons (Fsp3) is 0.500. The van der Waals surface area contributed by atoms with Gasteiger partial charge in [-0.05, 0) is 43.5 Å². The van der Waals surface area contributed by atoms with Crippen molar-refractivity contribution in [1.29, 1.82) is 0 Å². The standard InChI is InChI=1S/C14H19BrN2O/c1-16-9-13(18)17-14(10-3-2-4-10)11-5-7-12(15)8-6-11/h5-8,10,14,16H,2-4,9H2,1H3,(H,17,18)/t14-/m1/s1. The van der Waals surface area contributed by atoms with E-state index in [-0.39, 0.29) is 11.9 Å². The zero-order valence-electron chi connectivity index (χ0n) is 10.6. The van der Waals surface area contributed by atoms with Crippen LogP contribution < -0.4 is 10.6 Å². The molecule has 1 aliphatic carbocycles. The Morgan fingerprint density at radius 1 is 1.39 bits per heavy atom. The zero-order valence-corrected chi connectivity index (χ0v) is 12.2. The van der Waals surface area contributed by atoms with Crippen LogP contribution in [0.4, 0.5) is 0 Å². The number of amides is 1. The van der Waals surface area contributed by atoms with Crippen molar-refractivity contribution < 1.29 is 4.79 Å². The van der Waals surface area contributed by atoms with Gasteiger partial charge in [0.1, 0.15) is 0 Å². The van der Waals surface area contributed by atoms with Gasteiger partial charge in [0.15, 0.2) is 0 Å². The van der Waals surface area contributed by atoms with E-state index in [0.29, 0.717) is 12.5 Å². The predicted molar refractivity (Wildman–Crippen MR) is 76.3 cm³/mol. The minimum atomic E-state index is 0.0670. The second kappa shape index (κ2) is 6.34. The highest BCUT2D eigenvalue weighted by atomic mass is 79.9. The number of likely N-dealkylation sites (N-methyl/N-ethyl adjacent to an activating group) is 1. The van der Waals surface area contributed by atoms with Gasteiger partial charge in [-0.15, -0.1) is 0 Å². The summed E-state index contributed by atoms with van der Waals surface area (Å²) in [7, 11) is 1.79. The third-order valence-electron chi connectivity index (χ3n) is 3.50. The molecule has 2 N–H and O–H groups in total. The number of halogens is 1. The molecule has 1 aromatic rings. The summed E-state index contributed by atoms with van der Waals surface area (Å²) < 4.78 is 1.07. The van der Waals surface area contributed by atoms with E-state index in [1.54, 1.807) is 7.05 Å². The molecule has 0 spiro atoms. The van der Waals surface area contributed by atoms with E-state index < -0.39 is 0 Å². The molecular formula is C14H19BrN2O. The maximum Gasteiger partial charge on any atom is 0.234 e. The first-order valence-corrected chi connectivity index (χ1v) is 7.19. The fourth-order valence-corrected chi connectivity index (χ4v) is 2.57. The Morgan fingerprint density at radius 2 is 2.06 bits per heavy atom.